The lowest BCUT2D eigenvalue weighted by Gasteiger charge is -2.29. The van der Waals surface area contributed by atoms with E-state index in [1.807, 2.05) is 0 Å². The molecule has 0 N–H and O–H groups in total. The molecule has 0 aliphatic heterocycles. The Kier molecular flexibility index (Phi) is 3.37. The van der Waals surface area contributed by atoms with Gasteiger partial charge in [-0.05, 0) is 37.8 Å². The molecule has 0 saturated heterocycles. The van der Waals surface area contributed by atoms with Gasteiger partial charge in [-0.3, -0.25) is 0 Å². The van der Waals surface area contributed by atoms with Crippen molar-refractivity contribution >= 4 is 23.2 Å². The molecule has 0 unspecified atom stereocenters. The normalized spacial score (nSPS) is 11.0. The standard InChI is InChI=1S/C8H14BO3/c1-5-9(6(2)10,7(3)11)8(4)12/h5H2,1-4H3/q-1. The van der Waals surface area contributed by atoms with Crippen LogP contribution in [0.4, 0.5) is 0 Å². The molecule has 0 radical (unpaired) electrons. The van der Waals surface area contributed by atoms with E-state index in [1.165, 1.54) is 20.8 Å². The van der Waals surface area contributed by atoms with Crippen LogP contribution in [0.15, 0.2) is 0 Å². The monoisotopic (exact) mass is 169 g/mol. The van der Waals surface area contributed by atoms with Gasteiger partial charge in [0, 0.05) is 0 Å². The molecule has 0 bridgehead atoms. The average molecular weight is 169 g/mol. The summed E-state index contributed by atoms with van der Waals surface area (Å²) in [4.78, 5) is 33.5. The first-order valence-electron chi connectivity index (χ1n) is 4.09. The van der Waals surface area contributed by atoms with Gasteiger partial charge in [0.05, 0.1) is 0 Å². The summed E-state index contributed by atoms with van der Waals surface area (Å²) in [6, 6.07) is 0. The lowest BCUT2D eigenvalue weighted by molar-refractivity contribution is -0.117. The molecule has 12 heavy (non-hydrogen) atoms. The minimum absolute atomic E-state index is 0.294. The fraction of sp³-hybridized carbons (Fsp3) is 0.625. The molecule has 0 amide bonds. The Balaban J connectivity index is 5.19. The summed E-state index contributed by atoms with van der Waals surface area (Å²) in [6.07, 6.45) is -1.75. The molecule has 0 saturated carbocycles. The summed E-state index contributed by atoms with van der Waals surface area (Å²) in [5.41, 5.74) is -0.882. The number of carbonyl (C=O) groups is 3. The minimum atomic E-state index is -2.07. The van der Waals surface area contributed by atoms with Crippen molar-refractivity contribution in [2.24, 2.45) is 0 Å². The van der Waals surface area contributed by atoms with Crippen LogP contribution in [0.1, 0.15) is 27.7 Å². The Labute approximate surface area is 72.4 Å². The lowest BCUT2D eigenvalue weighted by Crippen LogP contribution is -2.56. The van der Waals surface area contributed by atoms with Gasteiger partial charge in [-0.25, -0.2) is 0 Å². The van der Waals surface area contributed by atoms with Gasteiger partial charge in [0.2, 0.25) is 6.15 Å². The predicted octanol–water partition coefficient (Wildman–Crippen LogP) is 0.840. The molecule has 0 aliphatic rings. The van der Waals surface area contributed by atoms with Crippen LogP contribution < -0.4 is 0 Å². The van der Waals surface area contributed by atoms with Crippen molar-refractivity contribution in [3.05, 3.63) is 0 Å². The van der Waals surface area contributed by atoms with Crippen LogP contribution in [0.5, 0.6) is 0 Å². The molecule has 0 fully saturated rings. The van der Waals surface area contributed by atoms with Gasteiger partial charge in [0.15, 0.2) is 0 Å². The minimum Gasteiger partial charge on any atom is -0.345 e. The van der Waals surface area contributed by atoms with E-state index in [4.69, 9.17) is 0 Å². The summed E-state index contributed by atoms with van der Waals surface area (Å²) in [5.74, 6) is 0. The van der Waals surface area contributed by atoms with Gasteiger partial charge in [-0.2, -0.15) is 6.32 Å². The highest BCUT2D eigenvalue weighted by atomic mass is 16.2. The van der Waals surface area contributed by atoms with Gasteiger partial charge < -0.3 is 14.4 Å². The molecule has 0 heterocycles. The molecule has 0 spiro atoms. The topological polar surface area (TPSA) is 51.2 Å². The highest BCUT2D eigenvalue weighted by Crippen LogP contribution is 2.13. The predicted molar refractivity (Wildman–Crippen MR) is 48.3 cm³/mol. The van der Waals surface area contributed by atoms with Crippen LogP contribution in [-0.4, -0.2) is 23.2 Å². The quantitative estimate of drug-likeness (QED) is 0.586. The zero-order valence-electron chi connectivity index (χ0n) is 8.01. The van der Waals surface area contributed by atoms with E-state index in [-0.39, 0.29) is 17.0 Å². The van der Waals surface area contributed by atoms with E-state index >= 15 is 0 Å². The zero-order valence-corrected chi connectivity index (χ0v) is 8.01. The second kappa shape index (κ2) is 3.65. The van der Waals surface area contributed by atoms with Gasteiger partial charge in [-0.15, -0.1) is 0 Å². The third-order valence-corrected chi connectivity index (χ3v) is 2.69. The van der Waals surface area contributed by atoms with Gasteiger partial charge in [0.1, 0.15) is 0 Å². The summed E-state index contributed by atoms with van der Waals surface area (Å²) < 4.78 is 0. The number of rotatable bonds is 4. The van der Waals surface area contributed by atoms with Gasteiger partial charge >= 0.3 is 0 Å². The van der Waals surface area contributed by atoms with E-state index in [1.54, 1.807) is 6.92 Å². The summed E-state index contributed by atoms with van der Waals surface area (Å²) in [5, 5.41) is 0. The first kappa shape index (κ1) is 11.1. The average Bonchev–Trinajstić information content (AvgIpc) is 1.86. The van der Waals surface area contributed by atoms with Crippen LogP contribution >= 0.6 is 0 Å². The molecule has 0 aliphatic carbocycles. The van der Waals surface area contributed by atoms with Crippen LogP contribution in [0.2, 0.25) is 6.32 Å². The highest BCUT2D eigenvalue weighted by Gasteiger charge is 2.37. The van der Waals surface area contributed by atoms with Crippen LogP contribution in [0, 0.1) is 0 Å². The van der Waals surface area contributed by atoms with E-state index in [2.05, 4.69) is 0 Å². The Bertz CT molecular complexity index is 196. The smallest absolute Gasteiger partial charge is 0.204 e. The molecule has 68 valence electrons. The molecule has 3 nitrogen and oxygen atoms in total. The Morgan fingerprint density at radius 2 is 1.17 bits per heavy atom. The second-order valence-electron chi connectivity index (χ2n) is 3.29. The van der Waals surface area contributed by atoms with Crippen molar-refractivity contribution in [2.75, 3.05) is 0 Å². The first-order chi connectivity index (χ1) is 5.39. The maximum Gasteiger partial charge on any atom is 0.204 e. The Morgan fingerprint density at radius 3 is 1.17 bits per heavy atom. The van der Waals surface area contributed by atoms with Gasteiger partial charge in [-0.1, -0.05) is 6.92 Å². The summed E-state index contributed by atoms with van der Waals surface area (Å²) >= 11 is 0. The van der Waals surface area contributed by atoms with Gasteiger partial charge in [0.25, 0.3) is 0 Å². The summed E-state index contributed by atoms with van der Waals surface area (Å²) in [6.45, 7) is 5.63. The molecule has 0 aromatic heterocycles. The van der Waals surface area contributed by atoms with Crippen molar-refractivity contribution in [3.8, 4) is 0 Å². The number of hydrogen-bond donors (Lipinski definition) is 0. The van der Waals surface area contributed by atoms with Crippen molar-refractivity contribution in [1.82, 2.24) is 0 Å². The first-order valence-corrected chi connectivity index (χ1v) is 4.09. The maximum atomic E-state index is 11.2. The third kappa shape index (κ3) is 1.47. The zero-order chi connectivity index (χ0) is 9.94. The largest absolute Gasteiger partial charge is 0.345 e. The van der Waals surface area contributed by atoms with E-state index < -0.39 is 6.15 Å². The molecule has 4 heteroatoms. The van der Waals surface area contributed by atoms with Crippen molar-refractivity contribution in [1.29, 1.82) is 0 Å². The van der Waals surface area contributed by atoms with Crippen LogP contribution in [-0.2, 0) is 14.4 Å². The van der Waals surface area contributed by atoms with E-state index in [0.29, 0.717) is 6.32 Å². The SMILES string of the molecule is CC[B-](C(C)=O)(C(C)=O)C(C)=O. The van der Waals surface area contributed by atoms with E-state index in [9.17, 15) is 14.4 Å². The van der Waals surface area contributed by atoms with Crippen LogP contribution in [0.3, 0.4) is 0 Å². The molecule has 0 rings (SSSR count). The number of carbonyl (C=O) groups excluding carboxylic acids is 3. The van der Waals surface area contributed by atoms with Crippen molar-refractivity contribution in [2.45, 2.75) is 34.0 Å². The molecule has 0 atom stereocenters. The number of hydrogen-bond acceptors (Lipinski definition) is 3. The Morgan fingerprint density at radius 1 is 0.917 bits per heavy atom. The summed E-state index contributed by atoms with van der Waals surface area (Å²) in [7, 11) is 0. The third-order valence-electron chi connectivity index (χ3n) is 2.69. The maximum absolute atomic E-state index is 11.2. The molecular weight excluding hydrogens is 155 g/mol. The van der Waals surface area contributed by atoms with Crippen LogP contribution in [0.25, 0.3) is 0 Å². The fourth-order valence-corrected chi connectivity index (χ4v) is 1.72. The molecular formula is C8H14BO3-. The second-order valence-corrected chi connectivity index (χ2v) is 3.29. The lowest BCUT2D eigenvalue weighted by atomic mass is 9.17. The Hall–Kier alpha value is -0.925. The van der Waals surface area contributed by atoms with Crippen molar-refractivity contribution in [3.63, 3.8) is 0 Å². The van der Waals surface area contributed by atoms with E-state index in [0.717, 1.165) is 0 Å². The fourth-order valence-electron chi connectivity index (χ4n) is 1.72. The molecule has 0 aromatic rings. The molecule has 0 aromatic carbocycles. The highest BCUT2D eigenvalue weighted by molar-refractivity contribution is 7.40. The van der Waals surface area contributed by atoms with Crippen molar-refractivity contribution < 1.29 is 14.4 Å².